The number of thioether (sulfide) groups is 1. The van der Waals surface area contributed by atoms with E-state index in [0.29, 0.717) is 12.5 Å². The molecule has 0 aliphatic heterocycles. The van der Waals surface area contributed by atoms with Gasteiger partial charge in [-0.2, -0.15) is 13.2 Å². The second kappa shape index (κ2) is 9.33. The number of hydrogen-bond acceptors (Lipinski definition) is 3. The van der Waals surface area contributed by atoms with Gasteiger partial charge in [-0.05, 0) is 54.8 Å². The van der Waals surface area contributed by atoms with Crippen LogP contribution in [0.2, 0.25) is 0 Å². The summed E-state index contributed by atoms with van der Waals surface area (Å²) in [6.45, 7) is 3.74. The molecule has 0 fully saturated rings. The predicted octanol–water partition coefficient (Wildman–Crippen LogP) is 4.19. The quantitative estimate of drug-likeness (QED) is 0.669. The van der Waals surface area contributed by atoms with Crippen LogP contribution in [0.25, 0.3) is 0 Å². The average Bonchev–Trinajstić information content (AvgIpc) is 2.39. The lowest BCUT2D eigenvalue weighted by Crippen LogP contribution is -2.23. The summed E-state index contributed by atoms with van der Waals surface area (Å²) >= 11 is -0.0968. The third-order valence-electron chi connectivity index (χ3n) is 3.15. The average molecular weight is 321 g/mol. The normalized spacial score (nSPS) is 13.4. The zero-order valence-electron chi connectivity index (χ0n) is 12.1. The maximum atomic E-state index is 12.2. The highest BCUT2D eigenvalue weighted by Gasteiger charge is 2.28. The van der Waals surface area contributed by atoms with Gasteiger partial charge < -0.3 is 10.4 Å². The van der Waals surface area contributed by atoms with Gasteiger partial charge in [-0.25, -0.2) is 0 Å². The summed E-state index contributed by atoms with van der Waals surface area (Å²) in [5.74, 6) is 0.444. The lowest BCUT2D eigenvalue weighted by Gasteiger charge is -2.15. The van der Waals surface area contributed by atoms with Crippen molar-refractivity contribution in [2.24, 2.45) is 5.92 Å². The van der Waals surface area contributed by atoms with Gasteiger partial charge in [-0.15, -0.1) is 0 Å². The molecule has 1 aromatic rings. The predicted molar refractivity (Wildman–Crippen MR) is 80.2 cm³/mol. The number of halogens is 3. The Labute approximate surface area is 128 Å². The summed E-state index contributed by atoms with van der Waals surface area (Å²) in [6, 6.07) is 6.41. The molecular formula is C15H22F3NOS. The van der Waals surface area contributed by atoms with Gasteiger partial charge in [-0.1, -0.05) is 25.5 Å². The minimum absolute atomic E-state index is 0.0968. The Morgan fingerprint density at radius 2 is 1.86 bits per heavy atom. The molecule has 0 aromatic heterocycles. The number of aliphatic hydroxyl groups is 1. The van der Waals surface area contributed by atoms with Crippen LogP contribution in [0.15, 0.2) is 29.2 Å². The first-order valence-corrected chi connectivity index (χ1v) is 7.92. The minimum atomic E-state index is -4.24. The molecule has 1 unspecified atom stereocenters. The van der Waals surface area contributed by atoms with Gasteiger partial charge in [0.15, 0.2) is 0 Å². The first kappa shape index (κ1) is 18.3. The molecule has 0 bridgehead atoms. The molecule has 1 aromatic carbocycles. The van der Waals surface area contributed by atoms with Gasteiger partial charge >= 0.3 is 5.51 Å². The van der Waals surface area contributed by atoms with Gasteiger partial charge in [0.1, 0.15) is 0 Å². The highest BCUT2D eigenvalue weighted by molar-refractivity contribution is 8.00. The van der Waals surface area contributed by atoms with Crippen LogP contribution in [-0.2, 0) is 6.54 Å². The van der Waals surface area contributed by atoms with Crippen molar-refractivity contribution in [3.05, 3.63) is 29.8 Å². The van der Waals surface area contributed by atoms with Gasteiger partial charge in [0.2, 0.25) is 0 Å². The first-order valence-electron chi connectivity index (χ1n) is 7.11. The highest BCUT2D eigenvalue weighted by atomic mass is 32.2. The van der Waals surface area contributed by atoms with E-state index < -0.39 is 5.51 Å². The van der Waals surface area contributed by atoms with Crippen LogP contribution in [-0.4, -0.2) is 23.8 Å². The number of nitrogens with one attached hydrogen (secondary N) is 1. The van der Waals surface area contributed by atoms with Crippen molar-refractivity contribution in [2.75, 3.05) is 13.2 Å². The second-order valence-electron chi connectivity index (χ2n) is 4.99. The topological polar surface area (TPSA) is 32.3 Å². The molecule has 6 heteroatoms. The lowest BCUT2D eigenvalue weighted by atomic mass is 10.0. The van der Waals surface area contributed by atoms with Crippen molar-refractivity contribution in [2.45, 2.75) is 43.1 Å². The second-order valence-corrected chi connectivity index (χ2v) is 6.13. The van der Waals surface area contributed by atoms with E-state index in [1.165, 1.54) is 12.1 Å². The number of aliphatic hydroxyl groups excluding tert-OH is 1. The summed E-state index contributed by atoms with van der Waals surface area (Å²) in [5.41, 5.74) is -3.28. The van der Waals surface area contributed by atoms with Crippen LogP contribution in [0.4, 0.5) is 13.2 Å². The Morgan fingerprint density at radius 1 is 1.19 bits per heavy atom. The number of hydrogen-bond donors (Lipinski definition) is 2. The fourth-order valence-corrected chi connectivity index (χ4v) is 2.71. The molecule has 0 aliphatic rings. The summed E-state index contributed by atoms with van der Waals surface area (Å²) in [6.07, 6.45) is 2.92. The molecule has 0 amide bonds. The monoisotopic (exact) mass is 321 g/mol. The van der Waals surface area contributed by atoms with Crippen molar-refractivity contribution in [1.29, 1.82) is 0 Å². The van der Waals surface area contributed by atoms with Gasteiger partial charge in [0.05, 0.1) is 0 Å². The van der Waals surface area contributed by atoms with Gasteiger partial charge in [0, 0.05) is 18.0 Å². The number of alkyl halides is 3. The van der Waals surface area contributed by atoms with E-state index in [9.17, 15) is 13.2 Å². The molecular weight excluding hydrogens is 299 g/mol. The zero-order chi connectivity index (χ0) is 15.7. The molecule has 120 valence electrons. The van der Waals surface area contributed by atoms with E-state index in [1.807, 2.05) is 0 Å². The number of rotatable bonds is 9. The van der Waals surface area contributed by atoms with E-state index >= 15 is 0 Å². The van der Waals surface area contributed by atoms with Gasteiger partial charge in [-0.3, -0.25) is 0 Å². The molecule has 0 saturated heterocycles. The highest BCUT2D eigenvalue weighted by Crippen LogP contribution is 2.36. The molecule has 2 N–H and O–H groups in total. The molecule has 0 saturated carbocycles. The van der Waals surface area contributed by atoms with Crippen molar-refractivity contribution in [3.63, 3.8) is 0 Å². The summed E-state index contributed by atoms with van der Waals surface area (Å²) in [7, 11) is 0. The van der Waals surface area contributed by atoms with Crippen LogP contribution in [0.3, 0.4) is 0 Å². The zero-order valence-corrected chi connectivity index (χ0v) is 12.9. The molecule has 0 aliphatic carbocycles. The third kappa shape index (κ3) is 8.34. The molecule has 2 nitrogen and oxygen atoms in total. The maximum Gasteiger partial charge on any atom is 0.446 e. The Balaban J connectivity index is 2.38. The Bertz CT molecular complexity index is 389. The smallest absolute Gasteiger partial charge is 0.396 e. The molecule has 0 heterocycles. The summed E-state index contributed by atoms with van der Waals surface area (Å²) < 4.78 is 36.6. The lowest BCUT2D eigenvalue weighted by molar-refractivity contribution is -0.0328. The largest absolute Gasteiger partial charge is 0.446 e. The standard InChI is InChI=1S/C15H22F3NOS/c1-2-3-12(8-9-20)10-19-11-13-4-6-14(7-5-13)21-15(16,17)18/h4-7,12,19-20H,2-3,8-11H2,1H3. The molecule has 1 atom stereocenters. The van der Waals surface area contributed by atoms with Gasteiger partial charge in [0.25, 0.3) is 0 Å². The molecule has 0 spiro atoms. The molecule has 21 heavy (non-hydrogen) atoms. The van der Waals surface area contributed by atoms with E-state index in [0.717, 1.165) is 31.4 Å². The van der Waals surface area contributed by atoms with E-state index in [-0.39, 0.29) is 23.3 Å². The first-order chi connectivity index (χ1) is 9.94. The number of benzene rings is 1. The fourth-order valence-electron chi connectivity index (χ4n) is 2.17. The SMILES string of the molecule is CCCC(CCO)CNCc1ccc(SC(F)(F)F)cc1. The molecule has 1 rings (SSSR count). The Morgan fingerprint density at radius 3 is 2.38 bits per heavy atom. The summed E-state index contributed by atoms with van der Waals surface area (Å²) in [4.78, 5) is 0.204. The van der Waals surface area contributed by atoms with Crippen LogP contribution in [0.1, 0.15) is 31.7 Å². The van der Waals surface area contributed by atoms with Crippen molar-refractivity contribution in [3.8, 4) is 0 Å². The van der Waals surface area contributed by atoms with E-state index in [4.69, 9.17) is 5.11 Å². The third-order valence-corrected chi connectivity index (χ3v) is 3.89. The minimum Gasteiger partial charge on any atom is -0.396 e. The Hall–Kier alpha value is -0.720. The van der Waals surface area contributed by atoms with Crippen molar-refractivity contribution in [1.82, 2.24) is 5.32 Å². The Kier molecular flexibility index (Phi) is 8.14. The maximum absolute atomic E-state index is 12.2. The van der Waals surface area contributed by atoms with Crippen molar-refractivity contribution >= 4 is 11.8 Å². The van der Waals surface area contributed by atoms with Crippen LogP contribution in [0, 0.1) is 5.92 Å². The van der Waals surface area contributed by atoms with Crippen LogP contribution in [0.5, 0.6) is 0 Å². The summed E-state index contributed by atoms with van der Waals surface area (Å²) in [5, 5.41) is 12.3. The molecule has 0 radical (unpaired) electrons. The van der Waals surface area contributed by atoms with Crippen molar-refractivity contribution < 1.29 is 18.3 Å². The van der Waals surface area contributed by atoms with E-state index in [1.54, 1.807) is 12.1 Å². The van der Waals surface area contributed by atoms with Crippen LogP contribution < -0.4 is 5.32 Å². The van der Waals surface area contributed by atoms with Crippen LogP contribution >= 0.6 is 11.8 Å². The fraction of sp³-hybridized carbons (Fsp3) is 0.600. The van der Waals surface area contributed by atoms with E-state index in [2.05, 4.69) is 12.2 Å².